The van der Waals surface area contributed by atoms with Crippen molar-refractivity contribution in [1.29, 1.82) is 0 Å². The molecule has 0 saturated carbocycles. The Labute approximate surface area is 91.0 Å². The Hall–Kier alpha value is -0.820. The van der Waals surface area contributed by atoms with Crippen molar-refractivity contribution in [2.75, 3.05) is 33.4 Å². The van der Waals surface area contributed by atoms with Crippen LogP contribution in [-0.2, 0) is 9.53 Å². The molecule has 4 nitrogen and oxygen atoms in total. The first-order chi connectivity index (χ1) is 7.25. The minimum absolute atomic E-state index is 0.0233. The third-order valence-corrected chi connectivity index (χ3v) is 2.58. The van der Waals surface area contributed by atoms with Crippen LogP contribution in [-0.4, -0.2) is 55.5 Å². The van der Waals surface area contributed by atoms with Crippen molar-refractivity contribution in [2.45, 2.75) is 12.6 Å². The number of aliphatic carboxylic acids is 1. The molecule has 94 valence electrons. The summed E-state index contributed by atoms with van der Waals surface area (Å²) in [5, 5.41) is 9.02. The Morgan fingerprint density at radius 2 is 2.19 bits per heavy atom. The molecular formula is C9H14F3NO3. The fourth-order valence-electron chi connectivity index (χ4n) is 1.85. The zero-order valence-corrected chi connectivity index (χ0v) is 8.88. The molecule has 7 heteroatoms. The number of carboxylic acid groups (broad SMARTS) is 1. The van der Waals surface area contributed by atoms with Crippen molar-refractivity contribution in [3.8, 4) is 0 Å². The van der Waals surface area contributed by atoms with E-state index in [4.69, 9.17) is 9.84 Å². The smallest absolute Gasteiger partial charge is 0.401 e. The highest BCUT2D eigenvalue weighted by Gasteiger charge is 2.44. The lowest BCUT2D eigenvalue weighted by molar-refractivity contribution is -0.158. The van der Waals surface area contributed by atoms with Crippen molar-refractivity contribution in [3.63, 3.8) is 0 Å². The van der Waals surface area contributed by atoms with Crippen LogP contribution in [0, 0.1) is 5.41 Å². The summed E-state index contributed by atoms with van der Waals surface area (Å²) in [5.74, 6) is -1.10. The Morgan fingerprint density at radius 3 is 2.56 bits per heavy atom. The third-order valence-electron chi connectivity index (χ3n) is 2.58. The van der Waals surface area contributed by atoms with Crippen LogP contribution >= 0.6 is 0 Å². The maximum absolute atomic E-state index is 12.1. The largest absolute Gasteiger partial charge is 0.481 e. The number of alkyl halides is 3. The van der Waals surface area contributed by atoms with Gasteiger partial charge in [-0.2, -0.15) is 13.2 Å². The topological polar surface area (TPSA) is 49.8 Å². The van der Waals surface area contributed by atoms with Gasteiger partial charge in [0.15, 0.2) is 0 Å². The van der Waals surface area contributed by atoms with Crippen molar-refractivity contribution < 1.29 is 27.8 Å². The van der Waals surface area contributed by atoms with Gasteiger partial charge < -0.3 is 9.84 Å². The van der Waals surface area contributed by atoms with Gasteiger partial charge >= 0.3 is 12.1 Å². The van der Waals surface area contributed by atoms with Crippen LogP contribution in [0.15, 0.2) is 0 Å². The molecule has 1 atom stereocenters. The van der Waals surface area contributed by atoms with E-state index in [0.29, 0.717) is 0 Å². The SMILES string of the molecule is CN(CC(F)(F)F)CC1(C(=O)O)CCOC1. The van der Waals surface area contributed by atoms with E-state index in [1.165, 1.54) is 7.05 Å². The molecule has 0 aromatic carbocycles. The number of hydrogen-bond acceptors (Lipinski definition) is 3. The van der Waals surface area contributed by atoms with Gasteiger partial charge in [-0.1, -0.05) is 0 Å². The molecule has 1 fully saturated rings. The minimum Gasteiger partial charge on any atom is -0.481 e. The van der Waals surface area contributed by atoms with E-state index in [1.807, 2.05) is 0 Å². The second-order valence-corrected chi connectivity index (χ2v) is 4.18. The van der Waals surface area contributed by atoms with Crippen LogP contribution in [0.3, 0.4) is 0 Å². The number of ether oxygens (including phenoxy) is 1. The molecule has 1 unspecified atom stereocenters. The molecule has 0 aliphatic carbocycles. The quantitative estimate of drug-likeness (QED) is 0.796. The molecule has 1 rings (SSSR count). The van der Waals surface area contributed by atoms with E-state index >= 15 is 0 Å². The summed E-state index contributed by atoms with van der Waals surface area (Å²) >= 11 is 0. The van der Waals surface area contributed by atoms with Crippen molar-refractivity contribution in [2.24, 2.45) is 5.41 Å². The van der Waals surface area contributed by atoms with Gasteiger partial charge in [-0.05, 0) is 13.5 Å². The van der Waals surface area contributed by atoms with E-state index in [9.17, 15) is 18.0 Å². The molecule has 0 aromatic rings. The minimum atomic E-state index is -4.31. The molecule has 0 aromatic heterocycles. The number of rotatable bonds is 4. The lowest BCUT2D eigenvalue weighted by Gasteiger charge is -2.28. The molecule has 1 aliphatic heterocycles. The van der Waals surface area contributed by atoms with Gasteiger partial charge in [0.1, 0.15) is 5.41 Å². The zero-order chi connectivity index (χ0) is 12.4. The summed E-state index contributed by atoms with van der Waals surface area (Å²) in [5.41, 5.74) is -1.19. The second-order valence-electron chi connectivity index (χ2n) is 4.18. The standard InChI is InChI=1S/C9H14F3NO3/c1-13(5-9(10,11)12)4-8(7(14)15)2-3-16-6-8/h2-6H2,1H3,(H,14,15). The lowest BCUT2D eigenvalue weighted by Crippen LogP contribution is -2.45. The van der Waals surface area contributed by atoms with Crippen molar-refractivity contribution in [3.05, 3.63) is 0 Å². The third kappa shape index (κ3) is 3.34. The molecule has 0 amide bonds. The molecule has 0 spiro atoms. The molecule has 1 saturated heterocycles. The van der Waals surface area contributed by atoms with E-state index in [2.05, 4.69) is 0 Å². The van der Waals surface area contributed by atoms with Gasteiger partial charge in [0.05, 0.1) is 13.2 Å². The highest BCUT2D eigenvalue weighted by atomic mass is 19.4. The van der Waals surface area contributed by atoms with Gasteiger partial charge in [0, 0.05) is 13.2 Å². The highest BCUT2D eigenvalue weighted by molar-refractivity contribution is 5.75. The van der Waals surface area contributed by atoms with Crippen LogP contribution in [0.25, 0.3) is 0 Å². The molecule has 16 heavy (non-hydrogen) atoms. The van der Waals surface area contributed by atoms with Gasteiger partial charge in [-0.25, -0.2) is 0 Å². The van der Waals surface area contributed by atoms with E-state index in [-0.39, 0.29) is 26.2 Å². The Bertz CT molecular complexity index is 261. The average Bonchev–Trinajstić information content (AvgIpc) is 2.49. The summed E-state index contributed by atoms with van der Waals surface area (Å²) in [4.78, 5) is 12.0. The number of nitrogens with zero attached hydrogens (tertiary/aromatic N) is 1. The number of carbonyl (C=O) groups is 1. The molecular weight excluding hydrogens is 227 g/mol. The number of hydrogen-bond donors (Lipinski definition) is 1. The van der Waals surface area contributed by atoms with Gasteiger partial charge in [-0.3, -0.25) is 9.69 Å². The molecule has 1 aliphatic rings. The molecule has 1 heterocycles. The van der Waals surface area contributed by atoms with Crippen LogP contribution in [0.1, 0.15) is 6.42 Å². The number of carboxylic acids is 1. The first-order valence-corrected chi connectivity index (χ1v) is 4.82. The summed E-state index contributed by atoms with van der Waals surface area (Å²) in [6.07, 6.45) is -4.06. The van der Waals surface area contributed by atoms with Crippen LogP contribution in [0.4, 0.5) is 13.2 Å². The molecule has 1 N–H and O–H groups in total. The van der Waals surface area contributed by atoms with E-state index < -0.39 is 24.1 Å². The fourth-order valence-corrected chi connectivity index (χ4v) is 1.85. The first kappa shape index (κ1) is 13.2. The Morgan fingerprint density at radius 1 is 1.56 bits per heavy atom. The Kier molecular flexibility index (Phi) is 3.80. The highest BCUT2D eigenvalue weighted by Crippen LogP contribution is 2.30. The summed E-state index contributed by atoms with van der Waals surface area (Å²) in [6, 6.07) is 0. The van der Waals surface area contributed by atoms with Crippen LogP contribution in [0.2, 0.25) is 0 Å². The van der Waals surface area contributed by atoms with Crippen molar-refractivity contribution >= 4 is 5.97 Å². The predicted octanol–water partition coefficient (Wildman–Crippen LogP) is 0.972. The van der Waals surface area contributed by atoms with Crippen LogP contribution < -0.4 is 0 Å². The summed E-state index contributed by atoms with van der Waals surface area (Å²) in [7, 11) is 1.26. The average molecular weight is 241 g/mol. The zero-order valence-electron chi connectivity index (χ0n) is 8.88. The lowest BCUT2D eigenvalue weighted by atomic mass is 9.87. The second kappa shape index (κ2) is 4.58. The summed E-state index contributed by atoms with van der Waals surface area (Å²) in [6.45, 7) is -0.999. The molecule has 0 radical (unpaired) electrons. The number of halogens is 3. The molecule has 0 bridgehead atoms. The normalized spacial score (nSPS) is 26.3. The van der Waals surface area contributed by atoms with Gasteiger partial charge in [0.2, 0.25) is 0 Å². The first-order valence-electron chi connectivity index (χ1n) is 4.82. The predicted molar refractivity (Wildman–Crippen MR) is 49.1 cm³/mol. The maximum Gasteiger partial charge on any atom is 0.401 e. The summed E-state index contributed by atoms with van der Waals surface area (Å²) < 4.78 is 41.2. The monoisotopic (exact) mass is 241 g/mol. The van der Waals surface area contributed by atoms with Crippen LogP contribution in [0.5, 0.6) is 0 Å². The van der Waals surface area contributed by atoms with E-state index in [1.54, 1.807) is 0 Å². The van der Waals surface area contributed by atoms with E-state index in [0.717, 1.165) is 4.90 Å². The Balaban J connectivity index is 2.59. The van der Waals surface area contributed by atoms with Crippen molar-refractivity contribution in [1.82, 2.24) is 4.90 Å². The maximum atomic E-state index is 12.1. The van der Waals surface area contributed by atoms with Gasteiger partial charge in [-0.15, -0.1) is 0 Å². The fraction of sp³-hybridized carbons (Fsp3) is 0.889. The van der Waals surface area contributed by atoms with Gasteiger partial charge in [0.25, 0.3) is 0 Å².